The second-order valence-electron chi connectivity index (χ2n) is 3.30. The van der Waals surface area contributed by atoms with Gasteiger partial charge in [-0.05, 0) is 25.7 Å². The van der Waals surface area contributed by atoms with Crippen molar-refractivity contribution >= 4 is 28.4 Å². The van der Waals surface area contributed by atoms with Crippen LogP contribution in [0.15, 0.2) is 0 Å². The van der Waals surface area contributed by atoms with Crippen molar-refractivity contribution in [1.29, 1.82) is 0 Å². The summed E-state index contributed by atoms with van der Waals surface area (Å²) in [5.74, 6) is 3.04. The fraction of sp³-hybridized carbons (Fsp3) is 0.700. The highest BCUT2D eigenvalue weighted by atomic mass is 127. The van der Waals surface area contributed by atoms with Crippen LogP contribution in [0.5, 0.6) is 0 Å². The summed E-state index contributed by atoms with van der Waals surface area (Å²) in [4.78, 5) is 11.4. The van der Waals surface area contributed by atoms with E-state index in [4.69, 9.17) is 6.42 Å². The Kier molecular flexibility index (Phi) is 3.57. The highest BCUT2D eigenvalue weighted by molar-refractivity contribution is 14.1. The van der Waals surface area contributed by atoms with Gasteiger partial charge in [0.2, 0.25) is 0 Å². The van der Waals surface area contributed by atoms with Gasteiger partial charge < -0.3 is 0 Å². The van der Waals surface area contributed by atoms with E-state index in [1.54, 1.807) is 0 Å². The summed E-state index contributed by atoms with van der Waals surface area (Å²) in [5, 5.41) is 0. The Balaban J connectivity index is 2.39. The SMILES string of the molecule is C#CCCCC1(I)CCCC1=O. The number of carbonyl (C=O) groups excluding carboxylic acids is 1. The number of unbranched alkanes of at least 4 members (excludes halogenated alkanes) is 1. The predicted octanol–water partition coefficient (Wildman–Crippen LogP) is 2.72. The van der Waals surface area contributed by atoms with Gasteiger partial charge in [0.05, 0.1) is 3.42 Å². The molecule has 0 bridgehead atoms. The molecule has 0 amide bonds. The molecular weight excluding hydrogens is 263 g/mol. The molecule has 0 radical (unpaired) electrons. The average molecular weight is 276 g/mol. The third-order valence-electron chi connectivity index (χ3n) is 2.37. The first-order valence-corrected chi connectivity index (χ1v) is 5.42. The van der Waals surface area contributed by atoms with Gasteiger partial charge in [0.25, 0.3) is 0 Å². The lowest BCUT2D eigenvalue weighted by molar-refractivity contribution is -0.119. The second-order valence-corrected chi connectivity index (χ2v) is 5.36. The Labute approximate surface area is 87.4 Å². The molecule has 1 rings (SSSR count). The minimum Gasteiger partial charge on any atom is -0.298 e. The van der Waals surface area contributed by atoms with E-state index in [0.29, 0.717) is 5.78 Å². The molecule has 0 heterocycles. The van der Waals surface area contributed by atoms with Crippen LogP contribution < -0.4 is 0 Å². The number of ketones is 1. The molecule has 0 spiro atoms. The highest BCUT2D eigenvalue weighted by Crippen LogP contribution is 2.39. The first-order valence-electron chi connectivity index (χ1n) is 4.35. The fourth-order valence-corrected chi connectivity index (χ4v) is 2.66. The van der Waals surface area contributed by atoms with Crippen molar-refractivity contribution in [1.82, 2.24) is 0 Å². The van der Waals surface area contributed by atoms with Crippen molar-refractivity contribution in [2.75, 3.05) is 0 Å². The fourth-order valence-electron chi connectivity index (χ4n) is 1.63. The number of carbonyl (C=O) groups is 1. The van der Waals surface area contributed by atoms with Crippen LogP contribution >= 0.6 is 22.6 Å². The van der Waals surface area contributed by atoms with Crippen molar-refractivity contribution in [3.8, 4) is 12.3 Å². The molecule has 1 unspecified atom stereocenters. The van der Waals surface area contributed by atoms with Gasteiger partial charge in [0, 0.05) is 12.8 Å². The topological polar surface area (TPSA) is 17.1 Å². The summed E-state index contributed by atoms with van der Waals surface area (Å²) in [6.45, 7) is 0. The molecule has 0 N–H and O–H groups in total. The summed E-state index contributed by atoms with van der Waals surface area (Å²) < 4.78 is -0.0609. The number of Topliss-reactive ketones (excluding diaryl/α,β-unsaturated/α-hetero) is 1. The van der Waals surface area contributed by atoms with Gasteiger partial charge in [-0.15, -0.1) is 12.3 Å². The van der Waals surface area contributed by atoms with Crippen LogP contribution in [0.2, 0.25) is 0 Å². The molecule has 1 nitrogen and oxygen atoms in total. The number of halogens is 1. The van der Waals surface area contributed by atoms with Crippen LogP contribution in [0.4, 0.5) is 0 Å². The normalized spacial score (nSPS) is 28.8. The average Bonchev–Trinajstić information content (AvgIpc) is 2.34. The van der Waals surface area contributed by atoms with Gasteiger partial charge in [-0.2, -0.15) is 0 Å². The molecule has 1 saturated carbocycles. The summed E-state index contributed by atoms with van der Waals surface area (Å²) in [5.41, 5.74) is 0. The Morgan fingerprint density at radius 3 is 2.92 bits per heavy atom. The van der Waals surface area contributed by atoms with Gasteiger partial charge in [-0.3, -0.25) is 4.79 Å². The van der Waals surface area contributed by atoms with Gasteiger partial charge >= 0.3 is 0 Å². The van der Waals surface area contributed by atoms with Crippen molar-refractivity contribution in [3.05, 3.63) is 0 Å². The lowest BCUT2D eigenvalue weighted by Gasteiger charge is -2.18. The van der Waals surface area contributed by atoms with E-state index in [1.807, 2.05) is 0 Å². The Morgan fingerprint density at radius 2 is 2.42 bits per heavy atom. The monoisotopic (exact) mass is 276 g/mol. The molecule has 1 aliphatic rings. The first-order chi connectivity index (χ1) is 5.69. The molecule has 0 aromatic heterocycles. The van der Waals surface area contributed by atoms with Crippen molar-refractivity contribution < 1.29 is 4.79 Å². The minimum absolute atomic E-state index is 0.0609. The quantitative estimate of drug-likeness (QED) is 0.335. The standard InChI is InChI=1S/C10H13IO/c1-2-3-4-7-10(11)8-5-6-9(10)12/h1H,3-8H2. The predicted molar refractivity (Wildman–Crippen MR) is 58.3 cm³/mol. The van der Waals surface area contributed by atoms with Crippen LogP contribution in [0.3, 0.4) is 0 Å². The van der Waals surface area contributed by atoms with Crippen LogP contribution in [0.1, 0.15) is 38.5 Å². The number of hydrogen-bond donors (Lipinski definition) is 0. The Hall–Kier alpha value is -0.0400. The van der Waals surface area contributed by atoms with E-state index in [9.17, 15) is 4.79 Å². The molecule has 12 heavy (non-hydrogen) atoms. The lowest BCUT2D eigenvalue weighted by Crippen LogP contribution is -2.25. The molecule has 1 aliphatic carbocycles. The van der Waals surface area contributed by atoms with Crippen LogP contribution in [0, 0.1) is 12.3 Å². The van der Waals surface area contributed by atoms with Crippen LogP contribution in [-0.2, 0) is 4.79 Å². The van der Waals surface area contributed by atoms with Gasteiger partial charge in [0.1, 0.15) is 5.78 Å². The van der Waals surface area contributed by atoms with Crippen LogP contribution in [-0.4, -0.2) is 9.20 Å². The smallest absolute Gasteiger partial charge is 0.148 e. The Morgan fingerprint density at radius 1 is 1.67 bits per heavy atom. The van der Waals surface area contributed by atoms with Gasteiger partial charge in [0.15, 0.2) is 0 Å². The van der Waals surface area contributed by atoms with Crippen molar-refractivity contribution in [3.63, 3.8) is 0 Å². The van der Waals surface area contributed by atoms with E-state index in [0.717, 1.165) is 38.5 Å². The molecule has 66 valence electrons. The van der Waals surface area contributed by atoms with E-state index >= 15 is 0 Å². The number of terminal acetylenes is 1. The van der Waals surface area contributed by atoms with Crippen LogP contribution in [0.25, 0.3) is 0 Å². The summed E-state index contributed by atoms with van der Waals surface area (Å²) in [6.07, 6.45) is 10.8. The zero-order valence-electron chi connectivity index (χ0n) is 7.11. The molecule has 1 atom stereocenters. The minimum atomic E-state index is -0.0609. The van der Waals surface area contributed by atoms with Gasteiger partial charge in [-0.1, -0.05) is 22.6 Å². The zero-order valence-corrected chi connectivity index (χ0v) is 9.26. The van der Waals surface area contributed by atoms with E-state index < -0.39 is 0 Å². The lowest BCUT2D eigenvalue weighted by atomic mass is 10.00. The molecule has 2 heteroatoms. The summed E-state index contributed by atoms with van der Waals surface area (Å²) >= 11 is 2.31. The van der Waals surface area contributed by atoms with E-state index in [2.05, 4.69) is 28.5 Å². The maximum atomic E-state index is 11.4. The van der Waals surface area contributed by atoms with Gasteiger partial charge in [-0.25, -0.2) is 0 Å². The molecule has 0 aliphatic heterocycles. The zero-order chi connectivity index (χ0) is 9.03. The van der Waals surface area contributed by atoms with Crippen molar-refractivity contribution in [2.24, 2.45) is 0 Å². The third kappa shape index (κ3) is 2.22. The molecular formula is C10H13IO. The maximum Gasteiger partial charge on any atom is 0.148 e. The number of hydrogen-bond acceptors (Lipinski definition) is 1. The molecule has 0 saturated heterocycles. The second kappa shape index (κ2) is 4.27. The molecule has 0 aromatic carbocycles. The first kappa shape index (κ1) is 10.0. The number of rotatable bonds is 3. The third-order valence-corrected chi connectivity index (χ3v) is 4.05. The molecule has 0 aromatic rings. The molecule has 1 fully saturated rings. The highest BCUT2D eigenvalue weighted by Gasteiger charge is 2.38. The summed E-state index contributed by atoms with van der Waals surface area (Å²) in [6, 6.07) is 0. The number of alkyl halides is 1. The maximum absolute atomic E-state index is 11.4. The van der Waals surface area contributed by atoms with E-state index in [1.165, 1.54) is 0 Å². The van der Waals surface area contributed by atoms with E-state index in [-0.39, 0.29) is 3.42 Å². The Bertz CT molecular complexity index is 216. The van der Waals surface area contributed by atoms with Crippen molar-refractivity contribution in [2.45, 2.75) is 41.9 Å². The summed E-state index contributed by atoms with van der Waals surface area (Å²) in [7, 11) is 0. The largest absolute Gasteiger partial charge is 0.298 e.